The van der Waals surface area contributed by atoms with Crippen molar-refractivity contribution in [2.45, 2.75) is 0 Å². The van der Waals surface area contributed by atoms with E-state index in [1.807, 2.05) is 12.1 Å². The highest BCUT2D eigenvalue weighted by molar-refractivity contribution is 7.22. The number of imidazole rings is 1. The smallest absolute Gasteiger partial charge is 0.335 e. The fourth-order valence-corrected chi connectivity index (χ4v) is 3.40. The Balaban J connectivity index is 1.69. The fourth-order valence-electron chi connectivity index (χ4n) is 2.26. The van der Waals surface area contributed by atoms with E-state index in [4.69, 9.17) is 16.7 Å². The van der Waals surface area contributed by atoms with Gasteiger partial charge in [0.25, 0.3) is 0 Å². The van der Waals surface area contributed by atoms with Crippen LogP contribution >= 0.6 is 22.9 Å². The van der Waals surface area contributed by atoms with Gasteiger partial charge in [-0.15, -0.1) is 0 Å². The summed E-state index contributed by atoms with van der Waals surface area (Å²) in [6.07, 6.45) is 0. The van der Waals surface area contributed by atoms with Crippen molar-refractivity contribution < 1.29 is 9.90 Å². The van der Waals surface area contributed by atoms with Crippen LogP contribution in [-0.2, 0) is 0 Å². The zero-order valence-electron chi connectivity index (χ0n) is 11.5. The first-order valence-electron chi connectivity index (χ1n) is 6.65. The van der Waals surface area contributed by atoms with E-state index in [1.165, 1.54) is 17.4 Å². The molecule has 0 aliphatic rings. The third kappa shape index (κ3) is 2.60. The highest BCUT2D eigenvalue weighted by Gasteiger charge is 2.10. The van der Waals surface area contributed by atoms with E-state index in [2.05, 4.69) is 20.3 Å². The molecule has 0 saturated heterocycles. The van der Waals surface area contributed by atoms with Gasteiger partial charge in [-0.2, -0.15) is 0 Å². The maximum absolute atomic E-state index is 11.0. The Morgan fingerprint density at radius 2 is 2.00 bits per heavy atom. The van der Waals surface area contributed by atoms with Crippen LogP contribution in [0.4, 0.5) is 11.1 Å². The van der Waals surface area contributed by atoms with Gasteiger partial charge in [0.15, 0.2) is 5.13 Å². The van der Waals surface area contributed by atoms with Gasteiger partial charge in [-0.05, 0) is 36.4 Å². The molecule has 6 nitrogen and oxygen atoms in total. The second kappa shape index (κ2) is 5.22. The molecule has 2 heterocycles. The fraction of sp³-hybridized carbons (Fsp3) is 0. The molecule has 0 atom stereocenters. The van der Waals surface area contributed by atoms with Crippen LogP contribution in [0.15, 0.2) is 36.4 Å². The molecule has 0 saturated carbocycles. The van der Waals surface area contributed by atoms with Crippen LogP contribution in [0.1, 0.15) is 10.4 Å². The van der Waals surface area contributed by atoms with Gasteiger partial charge in [0.05, 0.1) is 26.8 Å². The summed E-state index contributed by atoms with van der Waals surface area (Å²) in [5.41, 5.74) is 2.40. The number of aromatic nitrogens is 3. The molecule has 23 heavy (non-hydrogen) atoms. The number of benzene rings is 2. The highest BCUT2D eigenvalue weighted by Crippen LogP contribution is 2.30. The number of aromatic carboxylic acids is 1. The molecule has 3 N–H and O–H groups in total. The third-order valence-corrected chi connectivity index (χ3v) is 4.47. The van der Waals surface area contributed by atoms with Crippen LogP contribution < -0.4 is 5.32 Å². The first-order valence-corrected chi connectivity index (χ1v) is 7.84. The Bertz CT molecular complexity index is 1060. The summed E-state index contributed by atoms with van der Waals surface area (Å²) in [6, 6.07) is 10.2. The van der Waals surface area contributed by atoms with E-state index in [0.717, 1.165) is 10.2 Å². The third-order valence-electron chi connectivity index (χ3n) is 3.30. The second-order valence-corrected chi connectivity index (χ2v) is 6.35. The number of thiazole rings is 1. The van der Waals surface area contributed by atoms with Crippen LogP contribution in [0.2, 0.25) is 5.02 Å². The number of rotatable bonds is 3. The van der Waals surface area contributed by atoms with Crippen molar-refractivity contribution >= 4 is 61.2 Å². The molecule has 0 aliphatic carbocycles. The molecule has 0 spiro atoms. The molecule has 0 unspecified atom stereocenters. The van der Waals surface area contributed by atoms with Crippen LogP contribution in [0.5, 0.6) is 0 Å². The van der Waals surface area contributed by atoms with Crippen LogP contribution in [-0.4, -0.2) is 26.0 Å². The molecule has 2 aromatic carbocycles. The summed E-state index contributed by atoms with van der Waals surface area (Å²) < 4.78 is 0.976. The molecule has 114 valence electrons. The number of nitrogens with zero attached hydrogens (tertiary/aromatic N) is 2. The maximum atomic E-state index is 11.0. The van der Waals surface area contributed by atoms with Crippen molar-refractivity contribution in [3.05, 3.63) is 47.0 Å². The predicted molar refractivity (Wildman–Crippen MR) is 91.0 cm³/mol. The summed E-state index contributed by atoms with van der Waals surface area (Å²) >= 11 is 7.44. The van der Waals surface area contributed by atoms with Crippen molar-refractivity contribution in [2.24, 2.45) is 0 Å². The SMILES string of the molecule is O=C(O)c1ccc2nc(Nc3nc4ccc(Cl)cc4s3)[nH]c2c1. The number of carbonyl (C=O) groups is 1. The Kier molecular flexibility index (Phi) is 3.17. The summed E-state index contributed by atoms with van der Waals surface area (Å²) in [7, 11) is 0. The second-order valence-electron chi connectivity index (χ2n) is 4.88. The quantitative estimate of drug-likeness (QED) is 0.516. The topological polar surface area (TPSA) is 90.9 Å². The number of carboxylic acid groups (broad SMARTS) is 1. The minimum absolute atomic E-state index is 0.210. The van der Waals surface area contributed by atoms with E-state index in [0.29, 0.717) is 27.1 Å². The van der Waals surface area contributed by atoms with Crippen LogP contribution in [0.25, 0.3) is 21.3 Å². The first-order chi connectivity index (χ1) is 11.1. The Morgan fingerprint density at radius 1 is 1.17 bits per heavy atom. The number of H-pyrrole nitrogens is 1. The number of aromatic amines is 1. The molecule has 0 aliphatic heterocycles. The number of carboxylic acids is 1. The molecular weight excluding hydrogens is 336 g/mol. The standard InChI is InChI=1S/C15H9ClN4O2S/c16-8-2-4-10-12(6-8)23-15(19-10)20-14-17-9-3-1-7(13(21)22)5-11(9)18-14/h1-6H,(H,21,22)(H2,17,18,19,20). The lowest BCUT2D eigenvalue weighted by molar-refractivity contribution is 0.0697. The average molecular weight is 345 g/mol. The maximum Gasteiger partial charge on any atom is 0.335 e. The van der Waals surface area contributed by atoms with E-state index in [1.54, 1.807) is 18.2 Å². The van der Waals surface area contributed by atoms with Gasteiger partial charge >= 0.3 is 5.97 Å². The minimum atomic E-state index is -0.973. The lowest BCUT2D eigenvalue weighted by atomic mass is 10.2. The molecular formula is C15H9ClN4O2S. The van der Waals surface area contributed by atoms with Gasteiger partial charge in [-0.25, -0.2) is 14.8 Å². The van der Waals surface area contributed by atoms with Gasteiger partial charge in [-0.3, -0.25) is 0 Å². The minimum Gasteiger partial charge on any atom is -0.478 e. The van der Waals surface area contributed by atoms with Gasteiger partial charge < -0.3 is 15.4 Å². The highest BCUT2D eigenvalue weighted by atomic mass is 35.5. The van der Waals surface area contributed by atoms with E-state index >= 15 is 0 Å². The Morgan fingerprint density at radius 3 is 2.83 bits per heavy atom. The number of hydrogen-bond acceptors (Lipinski definition) is 5. The lowest BCUT2D eigenvalue weighted by Gasteiger charge is -1.94. The average Bonchev–Trinajstić information content (AvgIpc) is 3.08. The van der Waals surface area contributed by atoms with Crippen molar-refractivity contribution in [1.29, 1.82) is 0 Å². The lowest BCUT2D eigenvalue weighted by Crippen LogP contribution is -1.94. The molecule has 4 aromatic rings. The number of fused-ring (bicyclic) bond motifs is 2. The molecule has 0 fully saturated rings. The summed E-state index contributed by atoms with van der Waals surface area (Å²) in [5, 5.41) is 13.5. The van der Waals surface area contributed by atoms with Crippen molar-refractivity contribution in [3.63, 3.8) is 0 Å². The number of anilines is 2. The normalized spacial score (nSPS) is 11.2. The molecule has 8 heteroatoms. The molecule has 2 aromatic heterocycles. The Labute approximate surface area is 138 Å². The van der Waals surface area contributed by atoms with E-state index < -0.39 is 5.97 Å². The molecule has 0 radical (unpaired) electrons. The molecule has 4 rings (SSSR count). The first kappa shape index (κ1) is 14.0. The van der Waals surface area contributed by atoms with E-state index in [9.17, 15) is 4.79 Å². The van der Waals surface area contributed by atoms with Crippen molar-refractivity contribution in [2.75, 3.05) is 5.32 Å². The van der Waals surface area contributed by atoms with Gasteiger partial charge in [0, 0.05) is 5.02 Å². The summed E-state index contributed by atoms with van der Waals surface area (Å²) in [6.45, 7) is 0. The van der Waals surface area contributed by atoms with Gasteiger partial charge in [0.2, 0.25) is 5.95 Å². The van der Waals surface area contributed by atoms with Crippen LogP contribution in [0.3, 0.4) is 0 Å². The molecule has 0 bridgehead atoms. The van der Waals surface area contributed by atoms with Gasteiger partial charge in [-0.1, -0.05) is 22.9 Å². The number of nitrogens with one attached hydrogen (secondary N) is 2. The monoisotopic (exact) mass is 344 g/mol. The molecule has 0 amide bonds. The Hall–Kier alpha value is -2.64. The van der Waals surface area contributed by atoms with Crippen LogP contribution in [0, 0.1) is 0 Å². The zero-order valence-corrected chi connectivity index (χ0v) is 13.1. The van der Waals surface area contributed by atoms with Crippen molar-refractivity contribution in [1.82, 2.24) is 15.0 Å². The summed E-state index contributed by atoms with van der Waals surface area (Å²) in [5.74, 6) is -0.466. The number of hydrogen-bond donors (Lipinski definition) is 3. The largest absolute Gasteiger partial charge is 0.478 e. The van der Waals surface area contributed by atoms with Gasteiger partial charge in [0.1, 0.15) is 0 Å². The number of halogens is 1. The zero-order chi connectivity index (χ0) is 16.0. The van der Waals surface area contributed by atoms with Crippen molar-refractivity contribution in [3.8, 4) is 0 Å². The predicted octanol–water partition coefficient (Wildman–Crippen LogP) is 4.27. The summed E-state index contributed by atoms with van der Waals surface area (Å²) in [4.78, 5) is 22.9. The van der Waals surface area contributed by atoms with E-state index in [-0.39, 0.29) is 5.56 Å².